The van der Waals surface area contributed by atoms with Gasteiger partial charge in [0.05, 0.1) is 6.04 Å². The largest absolute Gasteiger partial charge is 0.464 e. The van der Waals surface area contributed by atoms with E-state index in [1.165, 1.54) is 0 Å². The second-order valence-corrected chi connectivity index (χ2v) is 5.94. The summed E-state index contributed by atoms with van der Waals surface area (Å²) in [6.45, 7) is 9.78. The first kappa shape index (κ1) is 14.4. The smallest absolute Gasteiger partial charge is 0.293 e. The molecular formula is C15H21N3O2. The van der Waals surface area contributed by atoms with Gasteiger partial charge in [-0.05, 0) is 46.8 Å². The van der Waals surface area contributed by atoms with Crippen LogP contribution in [0.2, 0.25) is 0 Å². The van der Waals surface area contributed by atoms with Crippen molar-refractivity contribution in [2.24, 2.45) is 0 Å². The Bertz CT molecular complexity index is 650. The van der Waals surface area contributed by atoms with E-state index in [1.54, 1.807) is 17.0 Å². The molecule has 0 aliphatic heterocycles. The van der Waals surface area contributed by atoms with Crippen LogP contribution in [0.5, 0.6) is 0 Å². The molecule has 2 heterocycles. The van der Waals surface area contributed by atoms with Gasteiger partial charge in [0, 0.05) is 17.9 Å². The minimum absolute atomic E-state index is 0.111. The Morgan fingerprint density at radius 3 is 2.60 bits per heavy atom. The Kier molecular flexibility index (Phi) is 3.70. The van der Waals surface area contributed by atoms with Crippen LogP contribution in [0.1, 0.15) is 45.3 Å². The molecule has 0 aromatic carbocycles. The Morgan fingerprint density at radius 2 is 2.05 bits per heavy atom. The van der Waals surface area contributed by atoms with E-state index in [9.17, 15) is 4.79 Å². The summed E-state index contributed by atoms with van der Waals surface area (Å²) < 4.78 is 7.22. The lowest BCUT2D eigenvalue weighted by Gasteiger charge is -2.23. The molecule has 2 rings (SSSR count). The molecule has 0 radical (unpaired) electrons. The van der Waals surface area contributed by atoms with E-state index >= 15 is 0 Å². The molecule has 0 saturated heterocycles. The molecule has 20 heavy (non-hydrogen) atoms. The van der Waals surface area contributed by atoms with Crippen molar-refractivity contribution in [2.45, 2.75) is 46.2 Å². The lowest BCUT2D eigenvalue weighted by Crippen LogP contribution is -2.35. The van der Waals surface area contributed by atoms with Gasteiger partial charge in [0.1, 0.15) is 11.5 Å². The maximum absolute atomic E-state index is 12.4. The number of aromatic nitrogens is 2. The summed E-state index contributed by atoms with van der Waals surface area (Å²) in [6, 6.07) is 3.69. The second kappa shape index (κ2) is 5.15. The number of nitrogens with zero attached hydrogens (tertiary/aromatic N) is 2. The summed E-state index contributed by atoms with van der Waals surface area (Å²) in [4.78, 5) is 16.5. The minimum atomic E-state index is -0.277. The molecule has 1 unspecified atom stereocenters. The normalized spacial score (nSPS) is 13.2. The zero-order chi connectivity index (χ0) is 14.9. The lowest BCUT2D eigenvalue weighted by atomic mass is 10.1. The third-order valence-corrected chi connectivity index (χ3v) is 3.10. The molecule has 5 nitrogen and oxygen atoms in total. The van der Waals surface area contributed by atoms with E-state index in [-0.39, 0.29) is 17.1 Å². The quantitative estimate of drug-likeness (QED) is 0.935. The van der Waals surface area contributed by atoms with Crippen LogP contribution < -0.4 is 10.9 Å². The van der Waals surface area contributed by atoms with E-state index in [4.69, 9.17) is 4.42 Å². The van der Waals surface area contributed by atoms with Crippen LogP contribution in [-0.2, 0) is 5.54 Å². The number of rotatable bonds is 3. The van der Waals surface area contributed by atoms with Gasteiger partial charge in [-0.3, -0.25) is 4.79 Å². The van der Waals surface area contributed by atoms with Crippen molar-refractivity contribution in [2.75, 3.05) is 5.32 Å². The SMILES string of the molecule is Cc1ccc(C(C)Nc2nccn(C(C)(C)C)c2=O)o1. The van der Waals surface area contributed by atoms with Crippen molar-refractivity contribution < 1.29 is 4.42 Å². The number of aryl methyl sites for hydroxylation is 1. The van der Waals surface area contributed by atoms with Crippen LogP contribution in [0, 0.1) is 6.92 Å². The maximum atomic E-state index is 12.4. The molecule has 0 aliphatic rings. The van der Waals surface area contributed by atoms with E-state index in [1.807, 2.05) is 46.8 Å². The number of hydrogen-bond acceptors (Lipinski definition) is 4. The predicted octanol–water partition coefficient (Wildman–Crippen LogP) is 3.07. The summed E-state index contributed by atoms with van der Waals surface area (Å²) in [7, 11) is 0. The first-order chi connectivity index (χ1) is 9.29. The maximum Gasteiger partial charge on any atom is 0.293 e. The van der Waals surface area contributed by atoms with E-state index in [2.05, 4.69) is 10.3 Å². The predicted molar refractivity (Wildman–Crippen MR) is 79.0 cm³/mol. The average Bonchev–Trinajstić information content (AvgIpc) is 2.77. The fourth-order valence-electron chi connectivity index (χ4n) is 2.00. The number of furan rings is 1. The fraction of sp³-hybridized carbons (Fsp3) is 0.467. The molecule has 2 aromatic heterocycles. The molecule has 108 valence electrons. The van der Waals surface area contributed by atoms with Crippen LogP contribution in [0.15, 0.2) is 33.7 Å². The highest BCUT2D eigenvalue weighted by molar-refractivity contribution is 5.34. The molecule has 0 aliphatic carbocycles. The van der Waals surface area contributed by atoms with E-state index in [0.717, 1.165) is 11.5 Å². The van der Waals surface area contributed by atoms with Crippen molar-refractivity contribution >= 4 is 5.82 Å². The topological polar surface area (TPSA) is 60.1 Å². The Morgan fingerprint density at radius 1 is 1.35 bits per heavy atom. The summed E-state index contributed by atoms with van der Waals surface area (Å²) in [5.74, 6) is 1.97. The molecule has 0 bridgehead atoms. The molecule has 0 saturated carbocycles. The summed E-state index contributed by atoms with van der Waals surface area (Å²) >= 11 is 0. The Labute approximate surface area is 118 Å². The Hall–Kier alpha value is -2.04. The molecular weight excluding hydrogens is 254 g/mol. The van der Waals surface area contributed by atoms with Gasteiger partial charge >= 0.3 is 0 Å². The van der Waals surface area contributed by atoms with Crippen LogP contribution in [0.3, 0.4) is 0 Å². The average molecular weight is 275 g/mol. The molecule has 1 atom stereocenters. The molecule has 5 heteroatoms. The zero-order valence-corrected chi connectivity index (χ0v) is 12.6. The third-order valence-electron chi connectivity index (χ3n) is 3.10. The van der Waals surface area contributed by atoms with Crippen molar-refractivity contribution in [3.05, 3.63) is 46.4 Å². The molecule has 0 fully saturated rings. The first-order valence-corrected chi connectivity index (χ1v) is 6.70. The molecule has 2 aromatic rings. The Balaban J connectivity index is 2.29. The van der Waals surface area contributed by atoms with Gasteiger partial charge in [0.15, 0.2) is 5.82 Å². The fourth-order valence-corrected chi connectivity index (χ4v) is 2.00. The highest BCUT2D eigenvalue weighted by atomic mass is 16.3. The van der Waals surface area contributed by atoms with Crippen LogP contribution in [0.4, 0.5) is 5.82 Å². The van der Waals surface area contributed by atoms with E-state index in [0.29, 0.717) is 5.82 Å². The lowest BCUT2D eigenvalue weighted by molar-refractivity contribution is 0.382. The number of nitrogens with one attached hydrogen (secondary N) is 1. The highest BCUT2D eigenvalue weighted by Gasteiger charge is 2.18. The zero-order valence-electron chi connectivity index (χ0n) is 12.6. The van der Waals surface area contributed by atoms with Gasteiger partial charge < -0.3 is 14.3 Å². The standard InChI is InChI=1S/C15H21N3O2/c1-10-6-7-12(20-10)11(2)17-13-14(19)18(9-8-16-13)15(3,4)5/h6-9,11H,1-5H3,(H,16,17). The van der Waals surface area contributed by atoms with Crippen LogP contribution in [-0.4, -0.2) is 9.55 Å². The van der Waals surface area contributed by atoms with Gasteiger partial charge in [0.25, 0.3) is 5.56 Å². The van der Waals surface area contributed by atoms with Crippen LogP contribution in [0.25, 0.3) is 0 Å². The van der Waals surface area contributed by atoms with E-state index < -0.39 is 0 Å². The summed E-state index contributed by atoms with van der Waals surface area (Å²) in [5.41, 5.74) is -0.406. The first-order valence-electron chi connectivity index (χ1n) is 6.70. The van der Waals surface area contributed by atoms with Crippen LogP contribution >= 0.6 is 0 Å². The number of anilines is 1. The van der Waals surface area contributed by atoms with Crippen molar-refractivity contribution in [3.63, 3.8) is 0 Å². The van der Waals surface area contributed by atoms with Gasteiger partial charge in [-0.1, -0.05) is 0 Å². The van der Waals surface area contributed by atoms with Gasteiger partial charge in [0.2, 0.25) is 0 Å². The number of hydrogen-bond donors (Lipinski definition) is 1. The third kappa shape index (κ3) is 2.92. The monoisotopic (exact) mass is 275 g/mol. The molecule has 1 N–H and O–H groups in total. The molecule has 0 spiro atoms. The summed E-state index contributed by atoms with van der Waals surface area (Å²) in [5, 5.41) is 3.11. The highest BCUT2D eigenvalue weighted by Crippen LogP contribution is 2.19. The van der Waals surface area contributed by atoms with Crippen molar-refractivity contribution in [3.8, 4) is 0 Å². The van der Waals surface area contributed by atoms with Gasteiger partial charge in [-0.2, -0.15) is 0 Å². The van der Waals surface area contributed by atoms with Crippen molar-refractivity contribution in [1.82, 2.24) is 9.55 Å². The minimum Gasteiger partial charge on any atom is -0.464 e. The van der Waals surface area contributed by atoms with Crippen molar-refractivity contribution in [1.29, 1.82) is 0 Å². The summed E-state index contributed by atoms with van der Waals surface area (Å²) in [6.07, 6.45) is 3.34. The van der Waals surface area contributed by atoms with Gasteiger partial charge in [-0.15, -0.1) is 0 Å². The van der Waals surface area contributed by atoms with Gasteiger partial charge in [-0.25, -0.2) is 4.98 Å². The second-order valence-electron chi connectivity index (χ2n) is 5.94. The molecule has 0 amide bonds.